The Hall–Kier alpha value is -2.69. The van der Waals surface area contributed by atoms with Crippen LogP contribution in [-0.4, -0.2) is 27.4 Å². The lowest BCUT2D eigenvalue weighted by Crippen LogP contribution is -2.24. The minimum absolute atomic E-state index is 0.0676. The van der Waals surface area contributed by atoms with Gasteiger partial charge in [0.2, 0.25) is 0 Å². The van der Waals surface area contributed by atoms with Gasteiger partial charge in [-0.05, 0) is 30.7 Å². The molecule has 3 rings (SSSR count). The van der Waals surface area contributed by atoms with Crippen molar-refractivity contribution < 1.29 is 4.79 Å². The highest BCUT2D eigenvalue weighted by Crippen LogP contribution is 2.11. The van der Waals surface area contributed by atoms with Crippen LogP contribution in [0.5, 0.6) is 0 Å². The molecule has 0 aliphatic heterocycles. The van der Waals surface area contributed by atoms with E-state index in [0.717, 1.165) is 29.7 Å². The number of H-pyrrole nitrogens is 1. The normalized spacial score (nSPS) is 10.7. The van der Waals surface area contributed by atoms with Gasteiger partial charge in [0.15, 0.2) is 0 Å². The van der Waals surface area contributed by atoms with Crippen molar-refractivity contribution in [1.82, 2.24) is 20.3 Å². The Kier molecular flexibility index (Phi) is 3.91. The number of amides is 1. The monoisotopic (exact) mass is 280 g/mol. The van der Waals surface area contributed by atoms with Gasteiger partial charge in [0.1, 0.15) is 5.82 Å². The fraction of sp³-hybridized carbons (Fsp3) is 0.188. The second-order valence-electron chi connectivity index (χ2n) is 4.80. The molecule has 5 heteroatoms. The van der Waals surface area contributed by atoms with Crippen LogP contribution < -0.4 is 5.32 Å². The molecule has 0 saturated carbocycles. The number of benzene rings is 1. The van der Waals surface area contributed by atoms with Gasteiger partial charge in [-0.15, -0.1) is 0 Å². The first-order chi connectivity index (χ1) is 10.3. The fourth-order valence-corrected chi connectivity index (χ4v) is 2.19. The number of para-hydroxylation sites is 2. The second kappa shape index (κ2) is 6.17. The van der Waals surface area contributed by atoms with Crippen molar-refractivity contribution in [1.29, 1.82) is 0 Å². The lowest BCUT2D eigenvalue weighted by molar-refractivity contribution is 0.0953. The molecule has 0 aliphatic carbocycles. The fourth-order valence-electron chi connectivity index (χ4n) is 2.19. The van der Waals surface area contributed by atoms with Crippen LogP contribution in [0.1, 0.15) is 22.6 Å². The summed E-state index contributed by atoms with van der Waals surface area (Å²) in [4.78, 5) is 23.5. The molecule has 2 heterocycles. The number of pyridine rings is 1. The first-order valence-corrected chi connectivity index (χ1v) is 6.95. The van der Waals surface area contributed by atoms with Crippen molar-refractivity contribution in [3.8, 4) is 0 Å². The van der Waals surface area contributed by atoms with Crippen molar-refractivity contribution in [3.63, 3.8) is 0 Å². The molecule has 0 fully saturated rings. The molecule has 1 amide bonds. The van der Waals surface area contributed by atoms with Crippen molar-refractivity contribution in [2.75, 3.05) is 6.54 Å². The van der Waals surface area contributed by atoms with E-state index in [0.29, 0.717) is 12.1 Å². The molecule has 0 saturated heterocycles. The number of carbonyl (C=O) groups excluding carboxylic acids is 1. The lowest BCUT2D eigenvalue weighted by Gasteiger charge is -2.03. The quantitative estimate of drug-likeness (QED) is 0.705. The molecule has 2 N–H and O–H groups in total. The second-order valence-corrected chi connectivity index (χ2v) is 4.80. The number of rotatable bonds is 5. The largest absolute Gasteiger partial charge is 0.352 e. The molecular weight excluding hydrogens is 264 g/mol. The molecule has 0 spiro atoms. The minimum Gasteiger partial charge on any atom is -0.352 e. The zero-order valence-electron chi connectivity index (χ0n) is 11.5. The summed E-state index contributed by atoms with van der Waals surface area (Å²) in [7, 11) is 0. The van der Waals surface area contributed by atoms with Gasteiger partial charge in [-0.1, -0.05) is 12.1 Å². The third kappa shape index (κ3) is 3.25. The highest BCUT2D eigenvalue weighted by molar-refractivity contribution is 5.93. The van der Waals surface area contributed by atoms with Gasteiger partial charge >= 0.3 is 0 Å². The number of imidazole rings is 1. The van der Waals surface area contributed by atoms with E-state index in [-0.39, 0.29) is 5.91 Å². The number of fused-ring (bicyclic) bond motifs is 1. The molecule has 5 nitrogen and oxygen atoms in total. The van der Waals surface area contributed by atoms with Gasteiger partial charge in [-0.3, -0.25) is 9.78 Å². The average Bonchev–Trinajstić information content (AvgIpc) is 2.95. The third-order valence-electron chi connectivity index (χ3n) is 3.26. The molecule has 3 aromatic rings. The Balaban J connectivity index is 1.49. The minimum atomic E-state index is -0.0676. The van der Waals surface area contributed by atoms with E-state index in [2.05, 4.69) is 20.3 Å². The van der Waals surface area contributed by atoms with E-state index in [1.807, 2.05) is 24.3 Å². The summed E-state index contributed by atoms with van der Waals surface area (Å²) in [6.07, 6.45) is 4.88. The molecule has 1 aromatic carbocycles. The molecule has 0 radical (unpaired) electrons. The number of nitrogens with one attached hydrogen (secondary N) is 2. The van der Waals surface area contributed by atoms with Crippen LogP contribution in [-0.2, 0) is 6.42 Å². The Morgan fingerprint density at radius 2 is 1.95 bits per heavy atom. The predicted molar refractivity (Wildman–Crippen MR) is 81.0 cm³/mol. The zero-order valence-corrected chi connectivity index (χ0v) is 11.5. The Bertz CT molecular complexity index is 703. The maximum atomic E-state index is 11.8. The van der Waals surface area contributed by atoms with Crippen molar-refractivity contribution >= 4 is 16.9 Å². The van der Waals surface area contributed by atoms with Crippen LogP contribution in [0, 0.1) is 0 Å². The van der Waals surface area contributed by atoms with Crippen LogP contribution >= 0.6 is 0 Å². The summed E-state index contributed by atoms with van der Waals surface area (Å²) in [5, 5.41) is 2.89. The van der Waals surface area contributed by atoms with Crippen LogP contribution in [0.4, 0.5) is 0 Å². The van der Waals surface area contributed by atoms with Gasteiger partial charge in [0, 0.05) is 30.9 Å². The smallest absolute Gasteiger partial charge is 0.251 e. The van der Waals surface area contributed by atoms with Gasteiger partial charge in [0.25, 0.3) is 5.91 Å². The molecular formula is C16H16N4O. The summed E-state index contributed by atoms with van der Waals surface area (Å²) in [6.45, 7) is 0.623. The highest BCUT2D eigenvalue weighted by Gasteiger charge is 2.05. The third-order valence-corrected chi connectivity index (χ3v) is 3.26. The molecule has 0 bridgehead atoms. The molecule has 106 valence electrons. The molecule has 0 unspecified atom stereocenters. The molecule has 0 aliphatic rings. The Labute approximate surface area is 122 Å². The van der Waals surface area contributed by atoms with Crippen molar-refractivity contribution in [3.05, 3.63) is 60.2 Å². The first kappa shape index (κ1) is 13.3. The maximum absolute atomic E-state index is 11.8. The van der Waals surface area contributed by atoms with Crippen molar-refractivity contribution in [2.24, 2.45) is 0 Å². The molecule has 0 atom stereocenters. The maximum Gasteiger partial charge on any atom is 0.251 e. The average molecular weight is 280 g/mol. The topological polar surface area (TPSA) is 70.7 Å². The number of aromatic nitrogens is 3. The summed E-state index contributed by atoms with van der Waals surface area (Å²) in [5.74, 6) is 0.886. The number of nitrogens with zero attached hydrogens (tertiary/aromatic N) is 2. The van der Waals surface area contributed by atoms with Gasteiger partial charge in [-0.2, -0.15) is 0 Å². The number of carbonyl (C=O) groups is 1. The first-order valence-electron chi connectivity index (χ1n) is 6.95. The van der Waals surface area contributed by atoms with Crippen LogP contribution in [0.2, 0.25) is 0 Å². The number of hydrogen-bond acceptors (Lipinski definition) is 3. The SMILES string of the molecule is O=C(NCCCc1nc2ccccc2[nH]1)c1ccncc1. The molecule has 2 aromatic heterocycles. The summed E-state index contributed by atoms with van der Waals surface area (Å²) >= 11 is 0. The Morgan fingerprint density at radius 3 is 2.76 bits per heavy atom. The number of hydrogen-bond donors (Lipinski definition) is 2. The standard InChI is InChI=1S/C16H16N4O/c21-16(12-7-10-17-11-8-12)18-9-3-6-15-19-13-4-1-2-5-14(13)20-15/h1-2,4-5,7-8,10-11H,3,6,9H2,(H,18,21)(H,19,20). The van der Waals surface area contributed by atoms with E-state index in [1.54, 1.807) is 24.5 Å². The predicted octanol–water partition coefficient (Wildman–Crippen LogP) is 2.32. The number of aryl methyl sites for hydroxylation is 1. The highest BCUT2D eigenvalue weighted by atomic mass is 16.1. The zero-order chi connectivity index (χ0) is 14.5. The lowest BCUT2D eigenvalue weighted by atomic mass is 10.2. The van der Waals surface area contributed by atoms with Crippen LogP contribution in [0.3, 0.4) is 0 Å². The van der Waals surface area contributed by atoms with E-state index in [9.17, 15) is 4.79 Å². The summed E-state index contributed by atoms with van der Waals surface area (Å²) < 4.78 is 0. The van der Waals surface area contributed by atoms with E-state index in [4.69, 9.17) is 0 Å². The van der Waals surface area contributed by atoms with Gasteiger partial charge in [-0.25, -0.2) is 4.98 Å². The molecule has 21 heavy (non-hydrogen) atoms. The Morgan fingerprint density at radius 1 is 1.14 bits per heavy atom. The van der Waals surface area contributed by atoms with Gasteiger partial charge in [0.05, 0.1) is 11.0 Å². The summed E-state index contributed by atoms with van der Waals surface area (Å²) in [6, 6.07) is 11.4. The van der Waals surface area contributed by atoms with Gasteiger partial charge < -0.3 is 10.3 Å². The van der Waals surface area contributed by atoms with E-state index in [1.165, 1.54) is 0 Å². The van der Waals surface area contributed by atoms with E-state index < -0.39 is 0 Å². The van der Waals surface area contributed by atoms with Crippen LogP contribution in [0.15, 0.2) is 48.8 Å². The van der Waals surface area contributed by atoms with Crippen LogP contribution in [0.25, 0.3) is 11.0 Å². The number of aromatic amines is 1. The van der Waals surface area contributed by atoms with E-state index >= 15 is 0 Å². The van der Waals surface area contributed by atoms with Crippen molar-refractivity contribution in [2.45, 2.75) is 12.8 Å². The summed E-state index contributed by atoms with van der Waals surface area (Å²) in [5.41, 5.74) is 2.66.